The number of anilines is 1. The molecular formula is C30H33F4N3O4S2. The van der Waals surface area contributed by atoms with E-state index in [0.29, 0.717) is 43.8 Å². The van der Waals surface area contributed by atoms with Crippen molar-refractivity contribution in [3.8, 4) is 0 Å². The van der Waals surface area contributed by atoms with E-state index in [1.807, 2.05) is 4.90 Å². The molecule has 1 N–H and O–H groups in total. The van der Waals surface area contributed by atoms with E-state index in [0.717, 1.165) is 5.56 Å². The number of alkyl halides is 3. The normalized spacial score (nSPS) is 22.3. The third kappa shape index (κ3) is 6.57. The molecule has 7 nitrogen and oxygen atoms in total. The molecule has 0 aromatic heterocycles. The number of sulfonamides is 1. The van der Waals surface area contributed by atoms with E-state index in [4.69, 9.17) is 4.74 Å². The molecule has 232 valence electrons. The van der Waals surface area contributed by atoms with Gasteiger partial charge in [0.25, 0.3) is 0 Å². The van der Waals surface area contributed by atoms with E-state index in [9.17, 15) is 31.1 Å². The molecule has 3 aromatic carbocycles. The number of halogens is 4. The van der Waals surface area contributed by atoms with Gasteiger partial charge in [0.2, 0.25) is 10.0 Å². The van der Waals surface area contributed by atoms with Gasteiger partial charge in [-0.05, 0) is 54.4 Å². The van der Waals surface area contributed by atoms with Gasteiger partial charge in [0.05, 0.1) is 30.2 Å². The second kappa shape index (κ2) is 12.4. The van der Waals surface area contributed by atoms with Crippen molar-refractivity contribution in [2.45, 2.75) is 40.6 Å². The van der Waals surface area contributed by atoms with Crippen LogP contribution >= 0.6 is 12.6 Å². The van der Waals surface area contributed by atoms with Gasteiger partial charge in [-0.1, -0.05) is 36.4 Å². The fraction of sp³-hybridized carbons (Fsp3) is 0.400. The monoisotopic (exact) mass is 639 g/mol. The van der Waals surface area contributed by atoms with Crippen molar-refractivity contribution in [2.75, 3.05) is 50.8 Å². The average Bonchev–Trinajstić information content (AvgIpc) is 2.97. The molecule has 2 heterocycles. The van der Waals surface area contributed by atoms with Gasteiger partial charge in [0.15, 0.2) is 5.60 Å². The highest BCUT2D eigenvalue weighted by molar-refractivity contribution is 7.90. The summed E-state index contributed by atoms with van der Waals surface area (Å²) in [7, 11) is -3.90. The van der Waals surface area contributed by atoms with Gasteiger partial charge in [0.1, 0.15) is 5.82 Å². The van der Waals surface area contributed by atoms with Crippen LogP contribution in [0.15, 0.2) is 82.6 Å². The lowest BCUT2D eigenvalue weighted by atomic mass is 9.95. The quantitative estimate of drug-likeness (QED) is 0.285. The molecule has 2 aliphatic heterocycles. The van der Waals surface area contributed by atoms with Gasteiger partial charge in [-0.25, -0.2) is 12.8 Å². The lowest BCUT2D eigenvalue weighted by molar-refractivity contribution is -0.258. The van der Waals surface area contributed by atoms with E-state index in [2.05, 4.69) is 17.5 Å². The van der Waals surface area contributed by atoms with Crippen LogP contribution in [-0.4, -0.2) is 80.9 Å². The number of nitrogens with zero attached hydrogens (tertiary/aromatic N) is 3. The van der Waals surface area contributed by atoms with E-state index in [1.54, 1.807) is 30.3 Å². The van der Waals surface area contributed by atoms with Crippen molar-refractivity contribution in [3.63, 3.8) is 0 Å². The Hall–Kier alpha value is -2.68. The number of ether oxygens (including phenoxy) is 1. The molecule has 0 bridgehead atoms. The highest BCUT2D eigenvalue weighted by Gasteiger charge is 2.51. The zero-order chi connectivity index (χ0) is 31.0. The van der Waals surface area contributed by atoms with Crippen molar-refractivity contribution < 1.29 is 35.8 Å². The van der Waals surface area contributed by atoms with Crippen LogP contribution in [0.3, 0.4) is 0 Å². The molecule has 0 amide bonds. The van der Waals surface area contributed by atoms with E-state index in [1.165, 1.54) is 46.8 Å². The minimum absolute atomic E-state index is 0.0971. The average molecular weight is 640 g/mol. The molecular weight excluding hydrogens is 606 g/mol. The fourth-order valence-corrected chi connectivity index (χ4v) is 7.67. The molecule has 0 unspecified atom stereocenters. The second-order valence-corrected chi connectivity index (χ2v) is 13.3. The summed E-state index contributed by atoms with van der Waals surface area (Å²) in [5, 5.41) is 10.1. The Bertz CT molecular complexity index is 1520. The molecule has 0 spiro atoms. The number of benzene rings is 3. The van der Waals surface area contributed by atoms with Crippen LogP contribution in [0.5, 0.6) is 0 Å². The standard InChI is InChI=1S/C30H33F4N3O4S2/c1-29(38,30(32,33)34)22-8-12-24(13-9-22)37-15-14-36(43(39,40)28-5-3-2-4-27(28)42)19-25(37)18-35-16-17-41-20-26(35)21-6-10-23(31)11-7-21/h2-13,25-26,38,42H,14-20H2,1H3/t25-,26-,29-/m0/s1. The summed E-state index contributed by atoms with van der Waals surface area (Å²) in [4.78, 5) is 4.58. The van der Waals surface area contributed by atoms with Crippen LogP contribution in [-0.2, 0) is 20.4 Å². The number of thiol groups is 1. The highest BCUT2D eigenvalue weighted by atomic mass is 32.2. The maximum absolute atomic E-state index is 13.7. The number of hydrogen-bond acceptors (Lipinski definition) is 7. The molecule has 0 aliphatic carbocycles. The van der Waals surface area contributed by atoms with Gasteiger partial charge in [-0.3, -0.25) is 4.90 Å². The molecule has 0 saturated carbocycles. The Kier molecular flexibility index (Phi) is 9.13. The predicted octanol–water partition coefficient (Wildman–Crippen LogP) is 4.84. The number of aliphatic hydroxyl groups is 1. The van der Waals surface area contributed by atoms with Crippen LogP contribution in [0.25, 0.3) is 0 Å². The van der Waals surface area contributed by atoms with E-state index < -0.39 is 27.8 Å². The third-order valence-corrected chi connectivity index (χ3v) is 10.6. The summed E-state index contributed by atoms with van der Waals surface area (Å²) in [5.74, 6) is -0.358. The molecule has 2 aliphatic rings. The minimum Gasteiger partial charge on any atom is -0.378 e. The zero-order valence-corrected chi connectivity index (χ0v) is 25.1. The number of piperazine rings is 1. The number of hydrogen-bond donors (Lipinski definition) is 2. The Balaban J connectivity index is 1.46. The van der Waals surface area contributed by atoms with Gasteiger partial charge < -0.3 is 14.7 Å². The van der Waals surface area contributed by atoms with E-state index in [-0.39, 0.29) is 42.0 Å². The van der Waals surface area contributed by atoms with Crippen LogP contribution < -0.4 is 4.90 Å². The lowest BCUT2D eigenvalue weighted by Crippen LogP contribution is -2.59. The summed E-state index contributed by atoms with van der Waals surface area (Å²) in [5.41, 5.74) is -1.86. The molecule has 3 atom stereocenters. The molecule has 43 heavy (non-hydrogen) atoms. The van der Waals surface area contributed by atoms with Crippen molar-refractivity contribution in [2.24, 2.45) is 0 Å². The maximum Gasteiger partial charge on any atom is 0.421 e. The van der Waals surface area contributed by atoms with Crippen molar-refractivity contribution >= 4 is 28.3 Å². The van der Waals surface area contributed by atoms with Crippen LogP contribution in [0, 0.1) is 5.82 Å². The first-order chi connectivity index (χ1) is 20.3. The fourth-order valence-electron chi connectivity index (χ4n) is 5.62. The molecule has 5 rings (SSSR count). The SMILES string of the molecule is C[C@](O)(c1ccc(N2CCN(S(=O)(=O)c3ccccc3S)C[C@@H]2CN2CCOC[C@H]2c2ccc(F)cc2)cc1)C(F)(F)F. The number of rotatable bonds is 7. The minimum atomic E-state index is -4.86. The van der Waals surface area contributed by atoms with Crippen LogP contribution in [0.2, 0.25) is 0 Å². The van der Waals surface area contributed by atoms with Crippen LogP contribution in [0.1, 0.15) is 24.1 Å². The van der Waals surface area contributed by atoms with Crippen molar-refractivity contribution in [1.29, 1.82) is 0 Å². The molecule has 2 fully saturated rings. The van der Waals surface area contributed by atoms with Crippen molar-refractivity contribution in [1.82, 2.24) is 9.21 Å². The first-order valence-corrected chi connectivity index (χ1v) is 15.7. The summed E-state index contributed by atoms with van der Waals surface area (Å²) >= 11 is 4.36. The van der Waals surface area contributed by atoms with E-state index >= 15 is 0 Å². The van der Waals surface area contributed by atoms with Gasteiger partial charge in [-0.2, -0.15) is 17.5 Å². The molecule has 13 heteroatoms. The molecule has 3 aromatic rings. The summed E-state index contributed by atoms with van der Waals surface area (Å²) in [6, 6.07) is 17.6. The Labute approximate surface area is 254 Å². The number of morpholine rings is 1. The topological polar surface area (TPSA) is 73.3 Å². The van der Waals surface area contributed by atoms with Crippen LogP contribution in [0.4, 0.5) is 23.2 Å². The lowest BCUT2D eigenvalue weighted by Gasteiger charge is -2.46. The summed E-state index contributed by atoms with van der Waals surface area (Å²) in [6.45, 7) is 3.03. The Morgan fingerprint density at radius 2 is 1.65 bits per heavy atom. The summed E-state index contributed by atoms with van der Waals surface area (Å²) in [6.07, 6.45) is -4.86. The smallest absolute Gasteiger partial charge is 0.378 e. The predicted molar refractivity (Wildman–Crippen MR) is 157 cm³/mol. The van der Waals surface area contributed by atoms with Gasteiger partial charge >= 0.3 is 6.18 Å². The first kappa shape index (κ1) is 31.7. The summed E-state index contributed by atoms with van der Waals surface area (Å²) < 4.78 is 88.6. The molecule has 0 radical (unpaired) electrons. The largest absolute Gasteiger partial charge is 0.421 e. The molecule has 2 saturated heterocycles. The second-order valence-electron chi connectivity index (χ2n) is 10.9. The first-order valence-electron chi connectivity index (χ1n) is 13.8. The van der Waals surface area contributed by atoms with Gasteiger partial charge in [-0.15, -0.1) is 12.6 Å². The Morgan fingerprint density at radius 3 is 2.30 bits per heavy atom. The maximum atomic E-state index is 13.7. The highest BCUT2D eigenvalue weighted by Crippen LogP contribution is 2.39. The van der Waals surface area contributed by atoms with Crippen molar-refractivity contribution in [3.05, 3.63) is 89.7 Å². The van der Waals surface area contributed by atoms with Gasteiger partial charge in [0, 0.05) is 43.3 Å². The third-order valence-electron chi connectivity index (χ3n) is 8.18. The zero-order valence-electron chi connectivity index (χ0n) is 23.4. The Morgan fingerprint density at radius 1 is 0.977 bits per heavy atom.